The Balaban J connectivity index is 1.99. The molecular weight excluding hydrogens is 468 g/mol. The first-order chi connectivity index (χ1) is 18.0. The summed E-state index contributed by atoms with van der Waals surface area (Å²) >= 11 is 0. The third-order valence-corrected chi connectivity index (χ3v) is 6.14. The minimum atomic E-state index is -0.784. The summed E-state index contributed by atoms with van der Waals surface area (Å²) in [4.78, 5) is 29.1. The molecule has 1 N–H and O–H groups in total. The van der Waals surface area contributed by atoms with Crippen molar-refractivity contribution in [1.29, 1.82) is 0 Å². The molecule has 0 radical (unpaired) electrons. The van der Waals surface area contributed by atoms with Crippen LogP contribution in [0.5, 0.6) is 17.2 Å². The molecule has 0 heterocycles. The number of carbonyl (C=O) groups excluding carboxylic acids is 2. The van der Waals surface area contributed by atoms with Crippen LogP contribution in [0.3, 0.4) is 0 Å². The van der Waals surface area contributed by atoms with Crippen molar-refractivity contribution in [3.05, 3.63) is 89.5 Å². The van der Waals surface area contributed by atoms with Crippen molar-refractivity contribution < 1.29 is 23.8 Å². The molecule has 0 aromatic heterocycles. The SMILES string of the molecule is CCCCNC(=O)C(c1ccccc1)N(Cc1ccc(OC)cc1)C(=O)Cc1ccc(OC)c(OC)c1. The molecule has 0 aliphatic rings. The van der Waals surface area contributed by atoms with Gasteiger partial charge in [-0.05, 0) is 47.4 Å². The lowest BCUT2D eigenvalue weighted by atomic mass is 10.0. The summed E-state index contributed by atoms with van der Waals surface area (Å²) in [5.41, 5.74) is 2.41. The molecular formula is C30H36N2O5. The lowest BCUT2D eigenvalue weighted by Crippen LogP contribution is -2.44. The van der Waals surface area contributed by atoms with Gasteiger partial charge < -0.3 is 24.4 Å². The zero-order valence-electron chi connectivity index (χ0n) is 22.0. The van der Waals surface area contributed by atoms with Crippen molar-refractivity contribution in [1.82, 2.24) is 10.2 Å². The van der Waals surface area contributed by atoms with Gasteiger partial charge in [-0.25, -0.2) is 0 Å². The number of unbranched alkanes of at least 4 members (excludes halogenated alkanes) is 1. The Morgan fingerprint density at radius 2 is 1.51 bits per heavy atom. The monoisotopic (exact) mass is 504 g/mol. The molecule has 0 aliphatic heterocycles. The van der Waals surface area contributed by atoms with Crippen LogP contribution in [0.15, 0.2) is 72.8 Å². The van der Waals surface area contributed by atoms with Crippen LogP contribution in [0, 0.1) is 0 Å². The molecule has 0 spiro atoms. The predicted octanol–water partition coefficient (Wildman–Crippen LogP) is 4.94. The minimum absolute atomic E-state index is 0.0993. The molecule has 0 fully saturated rings. The Morgan fingerprint density at radius 3 is 2.14 bits per heavy atom. The van der Waals surface area contributed by atoms with Gasteiger partial charge in [0.1, 0.15) is 11.8 Å². The summed E-state index contributed by atoms with van der Waals surface area (Å²) < 4.78 is 16.0. The maximum Gasteiger partial charge on any atom is 0.247 e. The summed E-state index contributed by atoms with van der Waals surface area (Å²) in [6, 6.07) is 21.6. The highest BCUT2D eigenvalue weighted by Gasteiger charge is 2.31. The van der Waals surface area contributed by atoms with Crippen LogP contribution >= 0.6 is 0 Å². The van der Waals surface area contributed by atoms with Crippen molar-refractivity contribution in [3.8, 4) is 17.2 Å². The molecule has 7 nitrogen and oxygen atoms in total. The Morgan fingerprint density at radius 1 is 0.838 bits per heavy atom. The quantitative estimate of drug-likeness (QED) is 0.334. The lowest BCUT2D eigenvalue weighted by Gasteiger charge is -2.32. The van der Waals surface area contributed by atoms with Crippen LogP contribution in [0.25, 0.3) is 0 Å². The van der Waals surface area contributed by atoms with Crippen molar-refractivity contribution in [2.75, 3.05) is 27.9 Å². The first-order valence-electron chi connectivity index (χ1n) is 12.5. The molecule has 0 aliphatic carbocycles. The highest BCUT2D eigenvalue weighted by molar-refractivity contribution is 5.89. The van der Waals surface area contributed by atoms with Gasteiger partial charge in [0.2, 0.25) is 11.8 Å². The van der Waals surface area contributed by atoms with Gasteiger partial charge in [-0.2, -0.15) is 0 Å². The number of ether oxygens (including phenoxy) is 3. The van der Waals surface area contributed by atoms with E-state index in [0.717, 1.165) is 35.3 Å². The van der Waals surface area contributed by atoms with Crippen LogP contribution in [0.1, 0.15) is 42.5 Å². The standard InChI is InChI=1S/C30H36N2O5/c1-5-6-18-31-30(34)29(24-10-8-7-9-11-24)32(21-22-12-15-25(35-2)16-13-22)28(33)20-23-14-17-26(36-3)27(19-23)37-4/h7-17,19,29H,5-6,18,20-21H2,1-4H3,(H,31,34). The number of nitrogens with one attached hydrogen (secondary N) is 1. The van der Waals surface area contributed by atoms with Crippen molar-refractivity contribution in [2.45, 2.75) is 38.8 Å². The number of hydrogen-bond donors (Lipinski definition) is 1. The minimum Gasteiger partial charge on any atom is -0.497 e. The average molecular weight is 505 g/mol. The molecule has 0 saturated heterocycles. The molecule has 3 aromatic rings. The Bertz CT molecular complexity index is 1150. The molecule has 3 aromatic carbocycles. The third kappa shape index (κ3) is 7.49. The Labute approximate surface area is 219 Å². The maximum absolute atomic E-state index is 13.9. The summed E-state index contributed by atoms with van der Waals surface area (Å²) in [6.07, 6.45) is 1.93. The van der Waals surface area contributed by atoms with E-state index >= 15 is 0 Å². The zero-order chi connectivity index (χ0) is 26.6. The van der Waals surface area contributed by atoms with E-state index in [2.05, 4.69) is 12.2 Å². The Kier molecular flexibility index (Phi) is 10.4. The molecule has 2 amide bonds. The third-order valence-electron chi connectivity index (χ3n) is 6.14. The fourth-order valence-electron chi connectivity index (χ4n) is 4.11. The van der Waals surface area contributed by atoms with Crippen LogP contribution in [0.2, 0.25) is 0 Å². The molecule has 1 atom stereocenters. The fraction of sp³-hybridized carbons (Fsp3) is 0.333. The van der Waals surface area contributed by atoms with Gasteiger partial charge >= 0.3 is 0 Å². The second-order valence-electron chi connectivity index (χ2n) is 8.69. The number of rotatable bonds is 13. The first kappa shape index (κ1) is 27.6. The number of carbonyl (C=O) groups is 2. The highest BCUT2D eigenvalue weighted by atomic mass is 16.5. The normalized spacial score (nSPS) is 11.4. The number of methoxy groups -OCH3 is 3. The zero-order valence-corrected chi connectivity index (χ0v) is 22.0. The molecule has 196 valence electrons. The number of hydrogen-bond acceptors (Lipinski definition) is 5. The second-order valence-corrected chi connectivity index (χ2v) is 8.69. The fourth-order valence-corrected chi connectivity index (χ4v) is 4.11. The topological polar surface area (TPSA) is 77.1 Å². The van der Waals surface area contributed by atoms with Crippen LogP contribution in [-0.2, 0) is 22.6 Å². The van der Waals surface area contributed by atoms with E-state index in [9.17, 15) is 9.59 Å². The molecule has 1 unspecified atom stereocenters. The van der Waals surface area contributed by atoms with E-state index in [4.69, 9.17) is 14.2 Å². The van der Waals surface area contributed by atoms with Gasteiger partial charge in [0.05, 0.1) is 27.8 Å². The number of nitrogens with zero attached hydrogens (tertiary/aromatic N) is 1. The van der Waals surface area contributed by atoms with Gasteiger partial charge in [0.25, 0.3) is 0 Å². The van der Waals surface area contributed by atoms with Gasteiger partial charge in [0.15, 0.2) is 11.5 Å². The van der Waals surface area contributed by atoms with E-state index in [1.54, 1.807) is 38.4 Å². The second kappa shape index (κ2) is 13.9. The van der Waals surface area contributed by atoms with E-state index in [0.29, 0.717) is 18.0 Å². The molecule has 0 saturated carbocycles. The number of amides is 2. The average Bonchev–Trinajstić information content (AvgIpc) is 2.93. The van der Waals surface area contributed by atoms with Crippen LogP contribution in [-0.4, -0.2) is 44.6 Å². The smallest absolute Gasteiger partial charge is 0.247 e. The molecule has 7 heteroatoms. The highest BCUT2D eigenvalue weighted by Crippen LogP contribution is 2.29. The van der Waals surface area contributed by atoms with Gasteiger partial charge in [-0.3, -0.25) is 9.59 Å². The van der Waals surface area contributed by atoms with Gasteiger partial charge in [-0.15, -0.1) is 0 Å². The van der Waals surface area contributed by atoms with E-state index in [1.165, 1.54) is 0 Å². The summed E-state index contributed by atoms with van der Waals surface area (Å²) in [6.45, 7) is 2.89. The summed E-state index contributed by atoms with van der Waals surface area (Å²) in [5.74, 6) is 1.48. The summed E-state index contributed by atoms with van der Waals surface area (Å²) in [5, 5.41) is 3.03. The molecule has 37 heavy (non-hydrogen) atoms. The van der Waals surface area contributed by atoms with Gasteiger partial charge in [0, 0.05) is 13.1 Å². The van der Waals surface area contributed by atoms with Crippen molar-refractivity contribution in [3.63, 3.8) is 0 Å². The number of benzene rings is 3. The van der Waals surface area contributed by atoms with Gasteiger partial charge in [-0.1, -0.05) is 61.9 Å². The lowest BCUT2D eigenvalue weighted by molar-refractivity contribution is -0.141. The van der Waals surface area contributed by atoms with Crippen molar-refractivity contribution >= 4 is 11.8 Å². The van der Waals surface area contributed by atoms with Crippen LogP contribution < -0.4 is 19.5 Å². The summed E-state index contributed by atoms with van der Waals surface area (Å²) in [7, 11) is 4.74. The van der Waals surface area contributed by atoms with Crippen molar-refractivity contribution in [2.24, 2.45) is 0 Å². The largest absolute Gasteiger partial charge is 0.497 e. The van der Waals surface area contributed by atoms with E-state index in [-0.39, 0.29) is 24.8 Å². The van der Waals surface area contributed by atoms with Crippen LogP contribution in [0.4, 0.5) is 0 Å². The predicted molar refractivity (Wildman–Crippen MR) is 144 cm³/mol. The maximum atomic E-state index is 13.9. The first-order valence-corrected chi connectivity index (χ1v) is 12.5. The molecule has 3 rings (SSSR count). The van der Waals surface area contributed by atoms with E-state index in [1.807, 2.05) is 60.7 Å². The van der Waals surface area contributed by atoms with E-state index < -0.39 is 6.04 Å². The molecule has 0 bridgehead atoms. The Hall–Kier alpha value is -4.00.